The zero-order valence-electron chi connectivity index (χ0n) is 12.4. The average molecular weight is 326 g/mol. The molecule has 0 heterocycles. The predicted octanol–water partition coefficient (Wildman–Crippen LogP) is 3.08. The van der Waals surface area contributed by atoms with Crippen LogP contribution in [0.3, 0.4) is 0 Å². The Balaban J connectivity index is 1.91. The Bertz CT molecular complexity index is 751. The quantitative estimate of drug-likeness (QED) is 0.675. The number of amides is 1. The summed E-state index contributed by atoms with van der Waals surface area (Å²) in [6.07, 6.45) is 1.94. The number of hydrogen-bond donors (Lipinski definition) is 1. The standard InChI is InChI=1S/C17H14N2O3S/c1-23-14-8-6-12(7-9-14)17(21)22-11-16(20)19-15-5-3-2-4-13(15)10-18/h2-9H,11H2,1H3,(H,19,20). The second-order valence-electron chi connectivity index (χ2n) is 4.51. The Kier molecular flexibility index (Phi) is 5.78. The number of nitrogens with one attached hydrogen (secondary N) is 1. The summed E-state index contributed by atoms with van der Waals surface area (Å²) in [6.45, 7) is -0.414. The first-order valence-electron chi connectivity index (χ1n) is 6.74. The molecule has 0 aliphatic heterocycles. The van der Waals surface area contributed by atoms with Crippen LogP contribution in [0.15, 0.2) is 53.4 Å². The summed E-state index contributed by atoms with van der Waals surface area (Å²) in [6, 6.07) is 15.5. The normalized spacial score (nSPS) is 9.74. The van der Waals surface area contributed by atoms with E-state index in [-0.39, 0.29) is 0 Å². The molecule has 0 unspecified atom stereocenters. The van der Waals surface area contributed by atoms with Gasteiger partial charge in [0.25, 0.3) is 5.91 Å². The van der Waals surface area contributed by atoms with Gasteiger partial charge in [-0.1, -0.05) is 12.1 Å². The number of carbonyl (C=O) groups is 2. The van der Waals surface area contributed by atoms with Gasteiger partial charge in [-0.25, -0.2) is 4.79 Å². The summed E-state index contributed by atoms with van der Waals surface area (Å²) in [7, 11) is 0. The Morgan fingerprint density at radius 3 is 2.52 bits per heavy atom. The van der Waals surface area contributed by atoms with Crippen molar-refractivity contribution in [1.29, 1.82) is 5.26 Å². The molecule has 5 nitrogen and oxygen atoms in total. The van der Waals surface area contributed by atoms with Crippen LogP contribution in [0.2, 0.25) is 0 Å². The van der Waals surface area contributed by atoms with Crippen LogP contribution in [0.1, 0.15) is 15.9 Å². The lowest BCUT2D eigenvalue weighted by Crippen LogP contribution is -2.21. The monoisotopic (exact) mass is 326 g/mol. The molecule has 2 rings (SSSR count). The van der Waals surface area contributed by atoms with Gasteiger partial charge in [0.2, 0.25) is 0 Å². The highest BCUT2D eigenvalue weighted by Gasteiger charge is 2.11. The molecule has 0 spiro atoms. The zero-order valence-corrected chi connectivity index (χ0v) is 13.2. The highest BCUT2D eigenvalue weighted by Crippen LogP contribution is 2.16. The van der Waals surface area contributed by atoms with Crippen LogP contribution in [0.4, 0.5) is 5.69 Å². The highest BCUT2D eigenvalue weighted by atomic mass is 32.2. The maximum Gasteiger partial charge on any atom is 0.338 e. The summed E-state index contributed by atoms with van der Waals surface area (Å²) < 4.78 is 4.97. The van der Waals surface area contributed by atoms with Crippen molar-refractivity contribution in [3.8, 4) is 6.07 Å². The van der Waals surface area contributed by atoms with Crippen molar-refractivity contribution in [3.63, 3.8) is 0 Å². The van der Waals surface area contributed by atoms with E-state index >= 15 is 0 Å². The van der Waals surface area contributed by atoms with E-state index in [0.29, 0.717) is 16.8 Å². The Morgan fingerprint density at radius 2 is 1.87 bits per heavy atom. The molecule has 0 aromatic heterocycles. The summed E-state index contributed by atoms with van der Waals surface area (Å²) in [5, 5.41) is 11.5. The van der Waals surface area contributed by atoms with Crippen molar-refractivity contribution in [2.75, 3.05) is 18.2 Å². The van der Waals surface area contributed by atoms with Crippen LogP contribution in [0, 0.1) is 11.3 Å². The molecule has 0 fully saturated rings. The molecule has 2 aromatic rings. The molecule has 0 atom stereocenters. The maximum atomic E-state index is 11.9. The van der Waals surface area contributed by atoms with E-state index in [9.17, 15) is 9.59 Å². The minimum Gasteiger partial charge on any atom is -0.452 e. The molecular weight excluding hydrogens is 312 g/mol. The van der Waals surface area contributed by atoms with E-state index in [1.807, 2.05) is 24.5 Å². The molecular formula is C17H14N2O3S. The topological polar surface area (TPSA) is 79.2 Å². The van der Waals surface area contributed by atoms with Crippen molar-refractivity contribution < 1.29 is 14.3 Å². The summed E-state index contributed by atoms with van der Waals surface area (Å²) in [4.78, 5) is 24.7. The van der Waals surface area contributed by atoms with E-state index in [1.54, 1.807) is 48.2 Å². The molecule has 23 heavy (non-hydrogen) atoms. The number of carbonyl (C=O) groups excluding carboxylic acids is 2. The average Bonchev–Trinajstić information content (AvgIpc) is 2.60. The lowest BCUT2D eigenvalue weighted by molar-refractivity contribution is -0.119. The van der Waals surface area contributed by atoms with Gasteiger partial charge in [-0.15, -0.1) is 11.8 Å². The fraction of sp³-hybridized carbons (Fsp3) is 0.118. The number of anilines is 1. The fourth-order valence-corrected chi connectivity index (χ4v) is 2.23. The molecule has 2 aromatic carbocycles. The van der Waals surface area contributed by atoms with Crippen LogP contribution in [-0.2, 0) is 9.53 Å². The molecule has 1 N–H and O–H groups in total. The van der Waals surface area contributed by atoms with Crippen LogP contribution < -0.4 is 5.32 Å². The van der Waals surface area contributed by atoms with Crippen molar-refractivity contribution >= 4 is 29.3 Å². The molecule has 0 bridgehead atoms. The molecule has 6 heteroatoms. The van der Waals surface area contributed by atoms with E-state index < -0.39 is 18.5 Å². The molecule has 0 aliphatic carbocycles. The smallest absolute Gasteiger partial charge is 0.338 e. The van der Waals surface area contributed by atoms with Gasteiger partial charge in [0.1, 0.15) is 6.07 Å². The number of thioether (sulfide) groups is 1. The molecule has 0 saturated heterocycles. The van der Waals surface area contributed by atoms with Crippen molar-refractivity contribution in [1.82, 2.24) is 0 Å². The van der Waals surface area contributed by atoms with Crippen LogP contribution >= 0.6 is 11.8 Å². The Hall–Kier alpha value is -2.78. The van der Waals surface area contributed by atoms with Gasteiger partial charge in [-0.3, -0.25) is 4.79 Å². The number of nitrogens with zero attached hydrogens (tertiary/aromatic N) is 1. The summed E-state index contributed by atoms with van der Waals surface area (Å²) in [5.41, 5.74) is 1.12. The number of rotatable bonds is 5. The molecule has 0 aliphatic rings. The first-order chi connectivity index (χ1) is 11.1. The van der Waals surface area contributed by atoms with E-state index in [2.05, 4.69) is 5.32 Å². The van der Waals surface area contributed by atoms with Gasteiger partial charge in [-0.2, -0.15) is 5.26 Å². The Labute approximate surface area is 138 Å². The third kappa shape index (κ3) is 4.59. The minimum atomic E-state index is -0.568. The third-order valence-corrected chi connectivity index (χ3v) is 3.73. The first kappa shape index (κ1) is 16.6. The maximum absolute atomic E-state index is 11.9. The number of hydrogen-bond acceptors (Lipinski definition) is 5. The zero-order chi connectivity index (χ0) is 16.7. The highest BCUT2D eigenvalue weighted by molar-refractivity contribution is 7.98. The van der Waals surface area contributed by atoms with Gasteiger partial charge in [-0.05, 0) is 42.7 Å². The summed E-state index contributed by atoms with van der Waals surface area (Å²) >= 11 is 1.57. The van der Waals surface area contributed by atoms with Crippen LogP contribution in [0.5, 0.6) is 0 Å². The molecule has 0 saturated carbocycles. The van der Waals surface area contributed by atoms with Crippen molar-refractivity contribution in [2.24, 2.45) is 0 Å². The minimum absolute atomic E-state index is 0.347. The fourth-order valence-electron chi connectivity index (χ4n) is 1.82. The van der Waals surface area contributed by atoms with E-state index in [0.717, 1.165) is 4.90 Å². The third-order valence-electron chi connectivity index (χ3n) is 2.98. The molecule has 116 valence electrons. The number of para-hydroxylation sites is 1. The number of esters is 1. The largest absolute Gasteiger partial charge is 0.452 e. The second-order valence-corrected chi connectivity index (χ2v) is 5.39. The lowest BCUT2D eigenvalue weighted by atomic mass is 10.2. The SMILES string of the molecule is CSc1ccc(C(=O)OCC(=O)Nc2ccccc2C#N)cc1. The predicted molar refractivity (Wildman–Crippen MR) is 88.3 cm³/mol. The van der Waals surface area contributed by atoms with Crippen LogP contribution in [-0.4, -0.2) is 24.7 Å². The van der Waals surface area contributed by atoms with Crippen molar-refractivity contribution in [3.05, 3.63) is 59.7 Å². The van der Waals surface area contributed by atoms with E-state index in [1.165, 1.54) is 0 Å². The van der Waals surface area contributed by atoms with Gasteiger partial charge in [0.15, 0.2) is 6.61 Å². The van der Waals surface area contributed by atoms with E-state index in [4.69, 9.17) is 10.00 Å². The van der Waals surface area contributed by atoms with Gasteiger partial charge in [0, 0.05) is 4.90 Å². The number of nitriles is 1. The number of ether oxygens (including phenoxy) is 1. The van der Waals surface area contributed by atoms with Gasteiger partial charge < -0.3 is 10.1 Å². The lowest BCUT2D eigenvalue weighted by Gasteiger charge is -2.08. The molecule has 1 amide bonds. The van der Waals surface area contributed by atoms with Gasteiger partial charge in [0.05, 0.1) is 16.8 Å². The van der Waals surface area contributed by atoms with Crippen molar-refractivity contribution in [2.45, 2.75) is 4.90 Å². The Morgan fingerprint density at radius 1 is 1.17 bits per heavy atom. The summed E-state index contributed by atoms with van der Waals surface area (Å²) in [5.74, 6) is -1.07. The molecule has 0 radical (unpaired) electrons. The first-order valence-corrected chi connectivity index (χ1v) is 7.96. The van der Waals surface area contributed by atoms with Gasteiger partial charge >= 0.3 is 5.97 Å². The second kappa shape index (κ2) is 8.01. The van der Waals surface area contributed by atoms with Crippen LogP contribution in [0.25, 0.3) is 0 Å². The number of benzene rings is 2.